The molecule has 5 nitrogen and oxygen atoms in total. The van der Waals surface area contributed by atoms with E-state index in [9.17, 15) is 9.59 Å². The van der Waals surface area contributed by atoms with Crippen LogP contribution in [-0.4, -0.2) is 43.4 Å². The second-order valence-electron chi connectivity index (χ2n) is 5.34. The first-order valence-corrected chi connectivity index (χ1v) is 7.29. The first kappa shape index (κ1) is 20.4. The van der Waals surface area contributed by atoms with Crippen LogP contribution in [0.5, 0.6) is 0 Å². The molecule has 124 valence electrons. The van der Waals surface area contributed by atoms with Crippen LogP contribution < -0.4 is 11.1 Å². The molecule has 0 bridgehead atoms. The van der Waals surface area contributed by atoms with Crippen LogP contribution in [0.15, 0.2) is 24.3 Å². The van der Waals surface area contributed by atoms with E-state index < -0.39 is 6.04 Å². The van der Waals surface area contributed by atoms with E-state index in [-0.39, 0.29) is 24.2 Å². The Bertz CT molecular complexity index is 492. The number of hydrogen-bond donors (Lipinski definition) is 2. The van der Waals surface area contributed by atoms with Crippen molar-refractivity contribution < 1.29 is 9.59 Å². The summed E-state index contributed by atoms with van der Waals surface area (Å²) in [5.41, 5.74) is 7.42. The summed E-state index contributed by atoms with van der Waals surface area (Å²) in [4.78, 5) is 25.1. The van der Waals surface area contributed by atoms with Gasteiger partial charge >= 0.3 is 0 Å². The van der Waals surface area contributed by atoms with Gasteiger partial charge in [0.2, 0.25) is 5.91 Å². The van der Waals surface area contributed by atoms with Gasteiger partial charge in [0.1, 0.15) is 0 Å². The maximum absolute atomic E-state index is 11.9. The number of nitrogens with one attached hydrogen (secondary N) is 1. The molecule has 2 amide bonds. The molecule has 0 aromatic heterocycles. The first-order valence-electron chi connectivity index (χ1n) is 7.29. The van der Waals surface area contributed by atoms with Crippen molar-refractivity contribution in [2.75, 3.05) is 20.6 Å². The molecule has 0 aliphatic rings. The van der Waals surface area contributed by atoms with Gasteiger partial charge in [0.25, 0.3) is 5.91 Å². The number of benzene rings is 1. The number of nitrogens with two attached hydrogens (primary N) is 1. The van der Waals surface area contributed by atoms with Gasteiger partial charge in [-0.2, -0.15) is 0 Å². The van der Waals surface area contributed by atoms with Gasteiger partial charge in [-0.3, -0.25) is 9.59 Å². The number of rotatable bonds is 7. The van der Waals surface area contributed by atoms with Crippen LogP contribution in [0.4, 0.5) is 0 Å². The van der Waals surface area contributed by atoms with Crippen molar-refractivity contribution in [2.24, 2.45) is 5.73 Å². The lowest BCUT2D eigenvalue weighted by Crippen LogP contribution is -2.41. The highest BCUT2D eigenvalue weighted by Gasteiger charge is 2.11. The predicted octanol–water partition coefficient (Wildman–Crippen LogP) is 1.60. The molecule has 3 N–H and O–H groups in total. The largest absolute Gasteiger partial charge is 0.354 e. The molecule has 0 radical (unpaired) electrons. The smallest absolute Gasteiger partial charge is 0.253 e. The van der Waals surface area contributed by atoms with Crippen LogP contribution >= 0.6 is 12.4 Å². The second-order valence-corrected chi connectivity index (χ2v) is 5.34. The van der Waals surface area contributed by atoms with Gasteiger partial charge in [0, 0.05) is 26.2 Å². The molecule has 1 rings (SSSR count). The van der Waals surface area contributed by atoms with Crippen molar-refractivity contribution in [3.8, 4) is 0 Å². The number of hydrogen-bond acceptors (Lipinski definition) is 3. The van der Waals surface area contributed by atoms with E-state index in [4.69, 9.17) is 5.73 Å². The molecule has 6 heteroatoms. The Kier molecular flexibility index (Phi) is 9.45. The number of carbonyl (C=O) groups excluding carboxylic acids is 2. The fourth-order valence-electron chi connectivity index (χ4n) is 2.02. The van der Waals surface area contributed by atoms with E-state index in [1.54, 1.807) is 25.1 Å². The van der Waals surface area contributed by atoms with E-state index >= 15 is 0 Å². The Balaban J connectivity index is 0.00000441. The SMILES string of the molecule is CCCC(N)C(=O)NCCc1cccc(C(=O)N(C)C)c1.Cl. The fraction of sp³-hybridized carbons (Fsp3) is 0.500. The van der Waals surface area contributed by atoms with Crippen molar-refractivity contribution in [2.45, 2.75) is 32.2 Å². The second kappa shape index (κ2) is 10.2. The van der Waals surface area contributed by atoms with Crippen LogP contribution in [0.3, 0.4) is 0 Å². The van der Waals surface area contributed by atoms with E-state index in [0.29, 0.717) is 24.9 Å². The summed E-state index contributed by atoms with van der Waals surface area (Å²) < 4.78 is 0. The molecule has 1 aromatic rings. The summed E-state index contributed by atoms with van der Waals surface area (Å²) in [6.07, 6.45) is 2.26. The van der Waals surface area contributed by atoms with Crippen molar-refractivity contribution in [3.63, 3.8) is 0 Å². The highest BCUT2D eigenvalue weighted by Crippen LogP contribution is 2.07. The van der Waals surface area contributed by atoms with Crippen LogP contribution in [-0.2, 0) is 11.2 Å². The molecule has 0 saturated carbocycles. The third kappa shape index (κ3) is 6.45. The molecule has 1 atom stereocenters. The zero-order valence-corrected chi connectivity index (χ0v) is 14.3. The van der Waals surface area contributed by atoms with Crippen LogP contribution in [0.1, 0.15) is 35.7 Å². The lowest BCUT2D eigenvalue weighted by molar-refractivity contribution is -0.122. The number of carbonyl (C=O) groups is 2. The van der Waals surface area contributed by atoms with Crippen molar-refractivity contribution in [1.82, 2.24) is 10.2 Å². The standard InChI is InChI=1S/C16H25N3O2.ClH/c1-4-6-14(17)15(20)18-10-9-12-7-5-8-13(11-12)16(21)19(2)3;/h5,7-8,11,14H,4,6,9-10,17H2,1-3H3,(H,18,20);1H. The normalized spacial score (nSPS) is 11.3. The van der Waals surface area contributed by atoms with Gasteiger partial charge < -0.3 is 16.0 Å². The van der Waals surface area contributed by atoms with Crippen molar-refractivity contribution >= 4 is 24.2 Å². The molecule has 1 unspecified atom stereocenters. The molecular weight excluding hydrogens is 302 g/mol. The number of amides is 2. The minimum atomic E-state index is -0.434. The summed E-state index contributed by atoms with van der Waals surface area (Å²) in [5, 5.41) is 2.83. The minimum absolute atomic E-state index is 0. The van der Waals surface area contributed by atoms with Gasteiger partial charge in [0.15, 0.2) is 0 Å². The molecule has 1 aromatic carbocycles. The number of halogens is 1. The molecule has 0 aliphatic carbocycles. The van der Waals surface area contributed by atoms with Crippen molar-refractivity contribution in [1.29, 1.82) is 0 Å². The third-order valence-electron chi connectivity index (χ3n) is 3.23. The zero-order chi connectivity index (χ0) is 15.8. The topological polar surface area (TPSA) is 75.4 Å². The van der Waals surface area contributed by atoms with Gasteiger partial charge in [-0.15, -0.1) is 12.4 Å². The Morgan fingerprint density at radius 3 is 2.59 bits per heavy atom. The molecular formula is C16H26ClN3O2. The maximum Gasteiger partial charge on any atom is 0.253 e. The Hall–Kier alpha value is -1.59. The molecule has 0 heterocycles. The van der Waals surface area contributed by atoms with Gasteiger partial charge in [0.05, 0.1) is 6.04 Å². The Labute approximate surface area is 138 Å². The quantitative estimate of drug-likeness (QED) is 0.798. The van der Waals surface area contributed by atoms with E-state index in [1.165, 1.54) is 0 Å². The predicted molar refractivity (Wildman–Crippen MR) is 91.3 cm³/mol. The Morgan fingerprint density at radius 1 is 1.32 bits per heavy atom. The van der Waals surface area contributed by atoms with Gasteiger partial charge in [-0.25, -0.2) is 0 Å². The summed E-state index contributed by atoms with van der Waals surface area (Å²) in [6.45, 7) is 2.52. The van der Waals surface area contributed by atoms with E-state index in [1.807, 2.05) is 25.1 Å². The summed E-state index contributed by atoms with van der Waals surface area (Å²) in [6, 6.07) is 7.03. The van der Waals surface area contributed by atoms with Crippen LogP contribution in [0, 0.1) is 0 Å². The van der Waals surface area contributed by atoms with E-state index in [0.717, 1.165) is 12.0 Å². The van der Waals surface area contributed by atoms with Crippen LogP contribution in [0.2, 0.25) is 0 Å². The average molecular weight is 328 g/mol. The molecule has 22 heavy (non-hydrogen) atoms. The zero-order valence-electron chi connectivity index (χ0n) is 13.5. The minimum Gasteiger partial charge on any atom is -0.354 e. The number of nitrogens with zero attached hydrogens (tertiary/aromatic N) is 1. The van der Waals surface area contributed by atoms with Gasteiger partial charge in [-0.05, 0) is 30.5 Å². The monoisotopic (exact) mass is 327 g/mol. The highest BCUT2D eigenvalue weighted by molar-refractivity contribution is 5.94. The summed E-state index contributed by atoms with van der Waals surface area (Å²) in [7, 11) is 3.45. The van der Waals surface area contributed by atoms with E-state index in [2.05, 4.69) is 5.32 Å². The first-order chi connectivity index (χ1) is 9.95. The molecule has 0 spiro atoms. The summed E-state index contributed by atoms with van der Waals surface area (Å²) in [5.74, 6) is -0.136. The third-order valence-corrected chi connectivity index (χ3v) is 3.23. The van der Waals surface area contributed by atoms with Crippen molar-refractivity contribution in [3.05, 3.63) is 35.4 Å². The van der Waals surface area contributed by atoms with Crippen LogP contribution in [0.25, 0.3) is 0 Å². The maximum atomic E-state index is 11.9. The fourth-order valence-corrected chi connectivity index (χ4v) is 2.02. The molecule has 0 fully saturated rings. The summed E-state index contributed by atoms with van der Waals surface area (Å²) >= 11 is 0. The lowest BCUT2D eigenvalue weighted by atomic mass is 10.1. The lowest BCUT2D eigenvalue weighted by Gasteiger charge is -2.12. The highest BCUT2D eigenvalue weighted by atomic mass is 35.5. The van der Waals surface area contributed by atoms with Gasteiger partial charge in [-0.1, -0.05) is 25.5 Å². The average Bonchev–Trinajstić information content (AvgIpc) is 2.46. The molecule has 0 aliphatic heterocycles. The molecule has 0 saturated heterocycles. The Morgan fingerprint density at radius 2 is 2.00 bits per heavy atom.